The van der Waals surface area contributed by atoms with Gasteiger partial charge in [0.2, 0.25) is 12.1 Å². The van der Waals surface area contributed by atoms with Gasteiger partial charge in [0.25, 0.3) is 0 Å². The van der Waals surface area contributed by atoms with Crippen molar-refractivity contribution in [2.75, 3.05) is 0 Å². The second-order valence-corrected chi connectivity index (χ2v) is 7.68. The number of halogens is 1. The van der Waals surface area contributed by atoms with Crippen LogP contribution < -0.4 is 21.5 Å². The van der Waals surface area contributed by atoms with Crippen LogP contribution in [-0.4, -0.2) is 10.4 Å². The molecule has 3 aromatic rings. The van der Waals surface area contributed by atoms with Crippen LogP contribution in [0.5, 0.6) is 0 Å². The van der Waals surface area contributed by atoms with Crippen LogP contribution in [0.2, 0.25) is 0 Å². The van der Waals surface area contributed by atoms with Crippen LogP contribution in [0.1, 0.15) is 50.0 Å². The van der Waals surface area contributed by atoms with Crippen molar-refractivity contribution in [2.24, 2.45) is 0 Å². The fourth-order valence-corrected chi connectivity index (χ4v) is 3.19. The molecule has 3 rings (SSSR count). The van der Waals surface area contributed by atoms with Crippen molar-refractivity contribution in [3.8, 4) is 0 Å². The number of fused-ring (bicyclic) bond motifs is 1. The zero-order chi connectivity index (χ0) is 18.0. The van der Waals surface area contributed by atoms with Crippen LogP contribution in [0, 0.1) is 0 Å². The first-order valence-corrected chi connectivity index (χ1v) is 9.01. The highest BCUT2D eigenvalue weighted by molar-refractivity contribution is 5.95. The molecule has 3 nitrogen and oxygen atoms in total. The van der Waals surface area contributed by atoms with Gasteiger partial charge in [-0.15, -0.1) is 0 Å². The number of para-hydroxylation sites is 2. The minimum Gasteiger partial charge on any atom is -1.00 e. The lowest BCUT2D eigenvalue weighted by atomic mass is 9.86. The molecule has 26 heavy (non-hydrogen) atoms. The van der Waals surface area contributed by atoms with Gasteiger partial charge in [-0.05, 0) is 29.5 Å². The summed E-state index contributed by atoms with van der Waals surface area (Å²) in [4.78, 5) is 12.8. The van der Waals surface area contributed by atoms with E-state index in [0.717, 1.165) is 24.0 Å². The monoisotopic (exact) mass is 414 g/mol. The summed E-state index contributed by atoms with van der Waals surface area (Å²) in [5, 5.41) is 0. The van der Waals surface area contributed by atoms with Gasteiger partial charge in [0.05, 0.1) is 6.54 Å². The number of imidazole rings is 1. The molecule has 1 heterocycles. The molecule has 0 amide bonds. The lowest BCUT2D eigenvalue weighted by Crippen LogP contribution is -3.00. The summed E-state index contributed by atoms with van der Waals surface area (Å²) in [5.41, 5.74) is 4.41. The van der Waals surface area contributed by atoms with Gasteiger partial charge in [-0.1, -0.05) is 64.1 Å². The highest BCUT2D eigenvalue weighted by Gasteiger charge is 2.19. The SMILES string of the molecule is CCCn1c[n+](CC(=O)c2ccc(C(C)(C)C)cc2)c2ccccc21.[Br-]. The molecule has 0 saturated carbocycles. The van der Waals surface area contributed by atoms with E-state index in [0.29, 0.717) is 6.54 Å². The van der Waals surface area contributed by atoms with Crippen LogP contribution in [-0.2, 0) is 18.5 Å². The number of nitrogens with zero attached hydrogens (tertiary/aromatic N) is 2. The maximum Gasteiger partial charge on any atom is 0.245 e. The second kappa shape index (κ2) is 8.17. The third-order valence-corrected chi connectivity index (χ3v) is 4.63. The van der Waals surface area contributed by atoms with Crippen molar-refractivity contribution in [2.45, 2.75) is 52.6 Å². The van der Waals surface area contributed by atoms with Gasteiger partial charge >= 0.3 is 0 Å². The molecule has 0 N–H and O–H groups in total. The third kappa shape index (κ3) is 4.24. The Hall–Kier alpha value is -1.94. The third-order valence-electron chi connectivity index (χ3n) is 4.63. The number of aryl methyl sites for hydroxylation is 1. The van der Waals surface area contributed by atoms with Gasteiger partial charge in [-0.3, -0.25) is 4.79 Å². The number of hydrogen-bond donors (Lipinski definition) is 0. The van der Waals surface area contributed by atoms with E-state index < -0.39 is 0 Å². The maximum atomic E-state index is 12.8. The van der Waals surface area contributed by atoms with Crippen molar-refractivity contribution in [3.63, 3.8) is 0 Å². The Kier molecular flexibility index (Phi) is 6.40. The number of ketones is 1. The average Bonchev–Trinajstić information content (AvgIpc) is 2.93. The summed E-state index contributed by atoms with van der Waals surface area (Å²) in [7, 11) is 0. The fourth-order valence-electron chi connectivity index (χ4n) is 3.19. The fraction of sp³-hybridized carbons (Fsp3) is 0.364. The first-order valence-electron chi connectivity index (χ1n) is 9.01. The van der Waals surface area contributed by atoms with E-state index in [4.69, 9.17) is 0 Å². The molecular weight excluding hydrogens is 388 g/mol. The molecule has 0 radical (unpaired) electrons. The van der Waals surface area contributed by atoms with E-state index in [9.17, 15) is 4.79 Å². The van der Waals surface area contributed by atoms with Gasteiger partial charge in [-0.25, -0.2) is 9.13 Å². The number of carbonyl (C=O) groups is 1. The van der Waals surface area contributed by atoms with E-state index in [2.05, 4.69) is 67.4 Å². The highest BCUT2D eigenvalue weighted by atomic mass is 79.9. The molecular formula is C22H27BrN2O. The van der Waals surface area contributed by atoms with E-state index >= 15 is 0 Å². The Bertz CT molecular complexity index is 889. The number of rotatable bonds is 5. The smallest absolute Gasteiger partial charge is 0.245 e. The zero-order valence-electron chi connectivity index (χ0n) is 16.0. The standard InChI is InChI=1S/C22H27N2O.BrH/c1-5-14-23-16-24(20-9-7-6-8-19(20)23)15-21(25)17-10-12-18(13-11-17)22(2,3)4;/h6-13,16H,5,14-15H2,1-4H3;1H/q+1;/p-1. The van der Waals surface area contributed by atoms with Crippen molar-refractivity contribution in [1.82, 2.24) is 4.57 Å². The largest absolute Gasteiger partial charge is 1.00 e. The Morgan fingerprint density at radius 2 is 1.69 bits per heavy atom. The molecule has 0 atom stereocenters. The minimum absolute atomic E-state index is 0. The molecule has 1 aromatic heterocycles. The number of carbonyl (C=O) groups excluding carboxylic acids is 1. The molecule has 0 saturated heterocycles. The molecule has 138 valence electrons. The molecule has 0 bridgehead atoms. The Morgan fingerprint density at radius 1 is 1.04 bits per heavy atom. The van der Waals surface area contributed by atoms with Crippen LogP contribution >= 0.6 is 0 Å². The predicted octanol–water partition coefficient (Wildman–Crippen LogP) is 1.52. The first kappa shape index (κ1) is 20.4. The van der Waals surface area contributed by atoms with Gasteiger partial charge in [0.1, 0.15) is 0 Å². The van der Waals surface area contributed by atoms with E-state index in [-0.39, 0.29) is 28.2 Å². The maximum absolute atomic E-state index is 12.8. The van der Waals surface area contributed by atoms with Crippen LogP contribution in [0.4, 0.5) is 0 Å². The highest BCUT2D eigenvalue weighted by Crippen LogP contribution is 2.22. The zero-order valence-corrected chi connectivity index (χ0v) is 17.6. The molecule has 2 aromatic carbocycles. The summed E-state index contributed by atoms with van der Waals surface area (Å²) in [6.45, 7) is 10.0. The summed E-state index contributed by atoms with van der Waals surface area (Å²) in [5.74, 6) is 0.143. The molecule has 0 unspecified atom stereocenters. The van der Waals surface area contributed by atoms with Crippen LogP contribution in [0.15, 0.2) is 54.9 Å². The molecule has 0 spiro atoms. The Morgan fingerprint density at radius 3 is 2.31 bits per heavy atom. The van der Waals surface area contributed by atoms with Crippen molar-refractivity contribution < 1.29 is 26.3 Å². The Balaban J connectivity index is 0.00000243. The van der Waals surface area contributed by atoms with Gasteiger partial charge in [-0.2, -0.15) is 0 Å². The summed E-state index contributed by atoms with van der Waals surface area (Å²) >= 11 is 0. The predicted molar refractivity (Wildman–Crippen MR) is 102 cm³/mol. The Labute approximate surface area is 166 Å². The minimum atomic E-state index is 0. The topological polar surface area (TPSA) is 25.9 Å². The molecule has 4 heteroatoms. The molecule has 0 aliphatic rings. The van der Waals surface area contributed by atoms with Gasteiger partial charge in [0.15, 0.2) is 17.6 Å². The molecule has 0 aliphatic heterocycles. The normalized spacial score (nSPS) is 11.4. The quantitative estimate of drug-likeness (QED) is 0.459. The van der Waals surface area contributed by atoms with Gasteiger partial charge in [0, 0.05) is 5.56 Å². The molecule has 0 aliphatic carbocycles. The van der Waals surface area contributed by atoms with Crippen molar-refractivity contribution in [3.05, 3.63) is 66.0 Å². The van der Waals surface area contributed by atoms with Crippen LogP contribution in [0.3, 0.4) is 0 Å². The summed E-state index contributed by atoms with van der Waals surface area (Å²) < 4.78 is 4.29. The number of benzene rings is 2. The van der Waals surface area contributed by atoms with Crippen LogP contribution in [0.25, 0.3) is 11.0 Å². The average molecular weight is 415 g/mol. The number of Topliss-reactive ketones (excluding diaryl/α,β-unsaturated/α-hetero) is 1. The van der Waals surface area contributed by atoms with E-state index in [1.807, 2.05) is 24.3 Å². The second-order valence-electron chi connectivity index (χ2n) is 7.68. The summed E-state index contributed by atoms with van der Waals surface area (Å²) in [6.07, 6.45) is 3.14. The summed E-state index contributed by atoms with van der Waals surface area (Å²) in [6, 6.07) is 16.3. The lowest BCUT2D eigenvalue weighted by Gasteiger charge is -2.18. The lowest BCUT2D eigenvalue weighted by molar-refractivity contribution is -0.658. The van der Waals surface area contributed by atoms with Crippen molar-refractivity contribution in [1.29, 1.82) is 0 Å². The van der Waals surface area contributed by atoms with E-state index in [1.165, 1.54) is 11.1 Å². The number of aromatic nitrogens is 2. The number of hydrogen-bond acceptors (Lipinski definition) is 1. The van der Waals surface area contributed by atoms with Gasteiger partial charge < -0.3 is 17.0 Å². The van der Waals surface area contributed by atoms with E-state index in [1.54, 1.807) is 0 Å². The molecule has 0 fully saturated rings. The first-order chi connectivity index (χ1) is 11.9. The van der Waals surface area contributed by atoms with Crippen molar-refractivity contribution >= 4 is 16.8 Å².